The van der Waals surface area contributed by atoms with E-state index in [0.29, 0.717) is 5.02 Å². The van der Waals surface area contributed by atoms with Crippen molar-refractivity contribution >= 4 is 40.9 Å². The highest BCUT2D eigenvalue weighted by molar-refractivity contribution is 6.36. The summed E-state index contributed by atoms with van der Waals surface area (Å²) < 4.78 is 4.93. The standard InChI is InChI=1S/C14H14Cl2N2O3/c1-3-4-5-6-12(19)21-9(2)14(20)18-13-11(16)7-10(15)8-17-13/h3-9H,1-2H3,(H,17,18,20)/b4-3+,6-5+/t9-/m1/s1. The second-order valence-electron chi connectivity index (χ2n) is 3.94. The Bertz CT molecular complexity index is 586. The zero-order valence-corrected chi connectivity index (χ0v) is 13.0. The van der Waals surface area contributed by atoms with E-state index >= 15 is 0 Å². The monoisotopic (exact) mass is 328 g/mol. The number of nitrogens with one attached hydrogen (secondary N) is 1. The molecule has 7 heteroatoms. The first-order chi connectivity index (χ1) is 9.93. The summed E-state index contributed by atoms with van der Waals surface area (Å²) in [5.74, 6) is -1.01. The molecule has 1 heterocycles. The van der Waals surface area contributed by atoms with Crippen LogP contribution in [0.1, 0.15) is 13.8 Å². The van der Waals surface area contributed by atoms with Gasteiger partial charge in [-0.15, -0.1) is 0 Å². The van der Waals surface area contributed by atoms with Crippen molar-refractivity contribution in [1.29, 1.82) is 0 Å². The van der Waals surface area contributed by atoms with Gasteiger partial charge in [-0.1, -0.05) is 41.4 Å². The number of amides is 1. The summed E-state index contributed by atoms with van der Waals surface area (Å²) >= 11 is 11.6. The van der Waals surface area contributed by atoms with Gasteiger partial charge in [0.15, 0.2) is 11.9 Å². The van der Waals surface area contributed by atoms with Crippen LogP contribution >= 0.6 is 23.2 Å². The number of carbonyl (C=O) groups excluding carboxylic acids is 2. The lowest BCUT2D eigenvalue weighted by atomic mass is 10.3. The smallest absolute Gasteiger partial charge is 0.331 e. The molecular weight excluding hydrogens is 315 g/mol. The molecule has 1 atom stereocenters. The van der Waals surface area contributed by atoms with Crippen LogP contribution in [0.4, 0.5) is 5.82 Å². The van der Waals surface area contributed by atoms with Crippen molar-refractivity contribution in [2.75, 3.05) is 5.32 Å². The van der Waals surface area contributed by atoms with E-state index in [-0.39, 0.29) is 10.8 Å². The Balaban J connectivity index is 2.60. The minimum atomic E-state index is -0.985. The predicted octanol–water partition coefficient (Wildman–Crippen LogP) is 3.39. The minimum Gasteiger partial charge on any atom is -0.449 e. The van der Waals surface area contributed by atoms with Crippen LogP contribution in [0, 0.1) is 0 Å². The SMILES string of the molecule is C/C=C/C=C/C(=O)O[C@H](C)C(=O)Nc1ncc(Cl)cc1Cl. The van der Waals surface area contributed by atoms with Gasteiger partial charge in [-0.3, -0.25) is 4.79 Å². The molecule has 0 aliphatic rings. The van der Waals surface area contributed by atoms with E-state index < -0.39 is 18.0 Å². The molecule has 1 rings (SSSR count). The lowest BCUT2D eigenvalue weighted by molar-refractivity contribution is -0.148. The second kappa shape index (κ2) is 8.44. The molecule has 1 N–H and O–H groups in total. The van der Waals surface area contributed by atoms with Crippen LogP contribution in [0.5, 0.6) is 0 Å². The Labute approximate surface area is 132 Å². The maximum absolute atomic E-state index is 11.9. The number of hydrogen-bond donors (Lipinski definition) is 1. The van der Waals surface area contributed by atoms with Crippen LogP contribution in [-0.2, 0) is 14.3 Å². The number of halogens is 2. The molecule has 0 saturated carbocycles. The molecule has 0 saturated heterocycles. The molecule has 0 fully saturated rings. The normalized spacial score (nSPS) is 12.6. The summed E-state index contributed by atoms with van der Waals surface area (Å²) in [4.78, 5) is 27.2. The fourth-order valence-corrected chi connectivity index (χ4v) is 1.66. The summed E-state index contributed by atoms with van der Waals surface area (Å²) in [6.45, 7) is 3.26. The fourth-order valence-electron chi connectivity index (χ4n) is 1.24. The molecule has 112 valence electrons. The highest BCUT2D eigenvalue weighted by Crippen LogP contribution is 2.22. The lowest BCUT2D eigenvalue weighted by Crippen LogP contribution is -2.29. The number of allylic oxidation sites excluding steroid dienone is 3. The average molecular weight is 329 g/mol. The Morgan fingerprint density at radius 2 is 2.10 bits per heavy atom. The van der Waals surface area contributed by atoms with Gasteiger partial charge in [-0.25, -0.2) is 9.78 Å². The summed E-state index contributed by atoms with van der Waals surface area (Å²) in [7, 11) is 0. The maximum Gasteiger partial charge on any atom is 0.331 e. The van der Waals surface area contributed by atoms with E-state index in [0.717, 1.165) is 0 Å². The van der Waals surface area contributed by atoms with Crippen LogP contribution in [0.2, 0.25) is 10.0 Å². The molecule has 21 heavy (non-hydrogen) atoms. The zero-order chi connectivity index (χ0) is 15.8. The van der Waals surface area contributed by atoms with Gasteiger partial charge >= 0.3 is 5.97 Å². The Morgan fingerprint density at radius 1 is 1.38 bits per heavy atom. The van der Waals surface area contributed by atoms with Gasteiger partial charge in [0.05, 0.1) is 10.0 Å². The van der Waals surface area contributed by atoms with Gasteiger partial charge in [-0.05, 0) is 19.9 Å². The van der Waals surface area contributed by atoms with Gasteiger partial charge in [-0.2, -0.15) is 0 Å². The third-order valence-electron chi connectivity index (χ3n) is 2.25. The molecule has 5 nitrogen and oxygen atoms in total. The minimum absolute atomic E-state index is 0.151. The Morgan fingerprint density at radius 3 is 2.71 bits per heavy atom. The largest absolute Gasteiger partial charge is 0.449 e. The first-order valence-electron chi connectivity index (χ1n) is 6.06. The number of carbonyl (C=O) groups is 2. The fraction of sp³-hybridized carbons (Fsp3) is 0.214. The number of anilines is 1. The number of nitrogens with zero attached hydrogens (tertiary/aromatic N) is 1. The second-order valence-corrected chi connectivity index (χ2v) is 4.78. The molecule has 1 aromatic heterocycles. The molecule has 0 radical (unpaired) electrons. The first kappa shape index (κ1) is 17.2. The van der Waals surface area contributed by atoms with Crippen LogP contribution < -0.4 is 5.32 Å². The van der Waals surface area contributed by atoms with Crippen molar-refractivity contribution in [1.82, 2.24) is 4.98 Å². The highest BCUT2D eigenvalue weighted by Gasteiger charge is 2.18. The van der Waals surface area contributed by atoms with E-state index in [1.807, 2.05) is 6.92 Å². The number of aromatic nitrogens is 1. The van der Waals surface area contributed by atoms with Crippen molar-refractivity contribution in [3.05, 3.63) is 46.6 Å². The molecule has 0 aliphatic carbocycles. The van der Waals surface area contributed by atoms with Crippen molar-refractivity contribution < 1.29 is 14.3 Å². The highest BCUT2D eigenvalue weighted by atomic mass is 35.5. The van der Waals surface area contributed by atoms with Gasteiger partial charge in [0, 0.05) is 12.3 Å². The van der Waals surface area contributed by atoms with Crippen LogP contribution in [0.3, 0.4) is 0 Å². The lowest BCUT2D eigenvalue weighted by Gasteiger charge is -2.12. The number of ether oxygens (including phenoxy) is 1. The van der Waals surface area contributed by atoms with Crippen LogP contribution in [0.15, 0.2) is 36.6 Å². The molecule has 1 amide bonds. The van der Waals surface area contributed by atoms with Crippen LogP contribution in [-0.4, -0.2) is 23.0 Å². The van der Waals surface area contributed by atoms with Gasteiger partial charge < -0.3 is 10.1 Å². The van der Waals surface area contributed by atoms with Crippen molar-refractivity contribution in [3.8, 4) is 0 Å². The van der Waals surface area contributed by atoms with Crippen LogP contribution in [0.25, 0.3) is 0 Å². The Hall–Kier alpha value is -1.85. The summed E-state index contributed by atoms with van der Waals surface area (Å²) in [6.07, 6.45) is 6.53. The quantitative estimate of drug-likeness (QED) is 0.511. The predicted molar refractivity (Wildman–Crippen MR) is 82.4 cm³/mol. The molecule has 0 unspecified atom stereocenters. The van der Waals surface area contributed by atoms with E-state index in [1.165, 1.54) is 31.3 Å². The Kier molecular flexibility index (Phi) is 6.91. The maximum atomic E-state index is 11.9. The third-order valence-corrected chi connectivity index (χ3v) is 2.74. The summed E-state index contributed by atoms with van der Waals surface area (Å²) in [5.41, 5.74) is 0. The van der Waals surface area contributed by atoms with E-state index in [9.17, 15) is 9.59 Å². The van der Waals surface area contributed by atoms with Gasteiger partial charge in [0.2, 0.25) is 0 Å². The first-order valence-corrected chi connectivity index (χ1v) is 6.81. The van der Waals surface area contributed by atoms with Gasteiger partial charge in [0.1, 0.15) is 0 Å². The molecule has 0 spiro atoms. The molecular formula is C14H14Cl2N2O3. The number of hydrogen-bond acceptors (Lipinski definition) is 4. The van der Waals surface area contributed by atoms with E-state index in [1.54, 1.807) is 12.2 Å². The van der Waals surface area contributed by atoms with Crippen molar-refractivity contribution in [2.24, 2.45) is 0 Å². The topological polar surface area (TPSA) is 68.3 Å². The van der Waals surface area contributed by atoms with E-state index in [4.69, 9.17) is 27.9 Å². The van der Waals surface area contributed by atoms with Crippen molar-refractivity contribution in [3.63, 3.8) is 0 Å². The third kappa shape index (κ3) is 5.97. The molecule has 0 aromatic carbocycles. The number of rotatable bonds is 5. The van der Waals surface area contributed by atoms with Gasteiger partial charge in [0.25, 0.3) is 5.91 Å². The molecule has 0 aliphatic heterocycles. The summed E-state index contributed by atoms with van der Waals surface area (Å²) in [5, 5.41) is 3.00. The number of pyridine rings is 1. The summed E-state index contributed by atoms with van der Waals surface area (Å²) in [6, 6.07) is 1.45. The van der Waals surface area contributed by atoms with Crippen molar-refractivity contribution in [2.45, 2.75) is 20.0 Å². The number of esters is 1. The zero-order valence-electron chi connectivity index (χ0n) is 11.5. The average Bonchev–Trinajstić information content (AvgIpc) is 2.42. The molecule has 0 bridgehead atoms. The van der Waals surface area contributed by atoms with E-state index in [2.05, 4.69) is 10.3 Å². The molecule has 1 aromatic rings.